The van der Waals surface area contributed by atoms with Gasteiger partial charge in [-0.3, -0.25) is 4.31 Å². The van der Waals surface area contributed by atoms with Gasteiger partial charge in [0.15, 0.2) is 9.84 Å². The molecule has 1 atom stereocenters. The van der Waals surface area contributed by atoms with E-state index >= 15 is 0 Å². The number of sulfone groups is 1. The van der Waals surface area contributed by atoms with Gasteiger partial charge >= 0.3 is 0 Å². The molecule has 1 aromatic rings. The maximum Gasteiger partial charge on any atom is 0.232 e. The predicted molar refractivity (Wildman–Crippen MR) is 75.6 cm³/mol. The highest BCUT2D eigenvalue weighted by Gasteiger charge is 2.36. The third-order valence-corrected chi connectivity index (χ3v) is 6.13. The number of hydrogen-bond donors (Lipinski definition) is 0. The molecule has 0 aromatic heterocycles. The molecule has 0 aliphatic carbocycles. The minimum atomic E-state index is -3.50. The van der Waals surface area contributed by atoms with Crippen LogP contribution in [0.15, 0.2) is 24.3 Å². The molecular formula is C12H17NO4S2. The Bertz CT molecular complexity index is 679. The van der Waals surface area contributed by atoms with Gasteiger partial charge < -0.3 is 0 Å². The number of rotatable bonds is 3. The van der Waals surface area contributed by atoms with Gasteiger partial charge in [-0.05, 0) is 31.0 Å². The molecule has 0 unspecified atom stereocenters. The number of benzene rings is 1. The van der Waals surface area contributed by atoms with Crippen molar-refractivity contribution in [3.8, 4) is 0 Å². The van der Waals surface area contributed by atoms with Crippen molar-refractivity contribution in [1.82, 2.24) is 0 Å². The minimum absolute atomic E-state index is 0.0511. The summed E-state index contributed by atoms with van der Waals surface area (Å²) in [4.78, 5) is 0. The zero-order valence-electron chi connectivity index (χ0n) is 10.9. The maximum absolute atomic E-state index is 12.0. The molecule has 0 spiro atoms. The van der Waals surface area contributed by atoms with Gasteiger partial charge in [0, 0.05) is 0 Å². The second-order valence-electron chi connectivity index (χ2n) is 4.95. The quantitative estimate of drug-likeness (QED) is 0.833. The minimum Gasteiger partial charge on any atom is -0.266 e. The van der Waals surface area contributed by atoms with Gasteiger partial charge in [0.05, 0.1) is 29.5 Å². The summed E-state index contributed by atoms with van der Waals surface area (Å²) in [5.41, 5.74) is 1.47. The number of anilines is 1. The Hall–Kier alpha value is -1.08. The van der Waals surface area contributed by atoms with E-state index in [9.17, 15) is 16.8 Å². The average molecular weight is 303 g/mol. The largest absolute Gasteiger partial charge is 0.266 e. The Labute approximate surface area is 114 Å². The highest BCUT2D eigenvalue weighted by molar-refractivity contribution is 7.93. The lowest BCUT2D eigenvalue weighted by Crippen LogP contribution is -2.40. The van der Waals surface area contributed by atoms with Crippen molar-refractivity contribution in [3.05, 3.63) is 29.8 Å². The fraction of sp³-hybridized carbons (Fsp3) is 0.500. The van der Waals surface area contributed by atoms with Gasteiger partial charge in [-0.25, -0.2) is 16.8 Å². The van der Waals surface area contributed by atoms with Crippen molar-refractivity contribution >= 4 is 25.5 Å². The van der Waals surface area contributed by atoms with Crippen LogP contribution in [0.25, 0.3) is 0 Å². The molecule has 1 aliphatic heterocycles. The van der Waals surface area contributed by atoms with Crippen molar-refractivity contribution in [2.24, 2.45) is 0 Å². The number of sulfonamides is 1. The molecule has 106 valence electrons. The molecule has 1 fully saturated rings. The highest BCUT2D eigenvalue weighted by atomic mass is 32.2. The first kappa shape index (κ1) is 14.3. The molecule has 7 heteroatoms. The van der Waals surface area contributed by atoms with E-state index < -0.39 is 25.9 Å². The number of aryl methyl sites for hydroxylation is 1. The molecule has 0 amide bonds. The SMILES string of the molecule is Cc1cccc(N([C@@H]2CCS(=O)(=O)C2)S(C)(=O)=O)c1. The summed E-state index contributed by atoms with van der Waals surface area (Å²) in [7, 11) is -6.62. The van der Waals surface area contributed by atoms with Gasteiger partial charge in [-0.1, -0.05) is 12.1 Å². The lowest BCUT2D eigenvalue weighted by Gasteiger charge is -2.28. The molecule has 1 aromatic carbocycles. The van der Waals surface area contributed by atoms with E-state index in [1.165, 1.54) is 4.31 Å². The molecule has 1 heterocycles. The molecule has 1 saturated heterocycles. The van der Waals surface area contributed by atoms with Crippen molar-refractivity contribution < 1.29 is 16.8 Å². The molecule has 0 N–H and O–H groups in total. The van der Waals surface area contributed by atoms with Crippen molar-refractivity contribution in [2.75, 3.05) is 22.1 Å². The molecule has 1 aliphatic rings. The van der Waals surface area contributed by atoms with Gasteiger partial charge in [0.1, 0.15) is 0 Å². The third-order valence-electron chi connectivity index (χ3n) is 3.15. The Kier molecular flexibility index (Phi) is 3.61. The van der Waals surface area contributed by atoms with Crippen molar-refractivity contribution in [2.45, 2.75) is 19.4 Å². The van der Waals surface area contributed by atoms with E-state index in [0.29, 0.717) is 12.1 Å². The van der Waals surface area contributed by atoms with Gasteiger partial charge in [0.25, 0.3) is 0 Å². The Morgan fingerprint density at radius 3 is 2.47 bits per heavy atom. The second kappa shape index (κ2) is 4.79. The summed E-state index contributed by atoms with van der Waals surface area (Å²) < 4.78 is 48.3. The normalized spacial score (nSPS) is 22.3. The van der Waals surface area contributed by atoms with Crippen LogP contribution < -0.4 is 4.31 Å². The molecule has 0 saturated carbocycles. The van der Waals surface area contributed by atoms with E-state index in [-0.39, 0.29) is 11.5 Å². The summed E-state index contributed by atoms with van der Waals surface area (Å²) >= 11 is 0. The van der Waals surface area contributed by atoms with E-state index in [4.69, 9.17) is 0 Å². The van der Waals surface area contributed by atoms with Crippen LogP contribution in [0.4, 0.5) is 5.69 Å². The van der Waals surface area contributed by atoms with E-state index in [0.717, 1.165) is 11.8 Å². The standard InChI is InChI=1S/C12H17NO4S2/c1-10-4-3-5-11(8-10)13(18(2,14)15)12-6-7-19(16,17)9-12/h3-5,8,12H,6-7,9H2,1-2H3/t12-/m1/s1. The first-order valence-electron chi connectivity index (χ1n) is 5.95. The number of hydrogen-bond acceptors (Lipinski definition) is 4. The van der Waals surface area contributed by atoms with Crippen LogP contribution in [-0.2, 0) is 19.9 Å². The molecule has 0 bridgehead atoms. The predicted octanol–water partition coefficient (Wildman–Crippen LogP) is 0.948. The van der Waals surface area contributed by atoms with E-state index in [2.05, 4.69) is 0 Å². The average Bonchev–Trinajstić information content (AvgIpc) is 2.56. The summed E-state index contributed by atoms with van der Waals surface area (Å²) in [5, 5.41) is 0. The highest BCUT2D eigenvalue weighted by Crippen LogP contribution is 2.27. The molecule has 2 rings (SSSR count). The van der Waals surface area contributed by atoms with E-state index in [1.54, 1.807) is 18.2 Å². The Balaban J connectivity index is 2.44. The van der Waals surface area contributed by atoms with Gasteiger partial charge in [-0.15, -0.1) is 0 Å². The topological polar surface area (TPSA) is 71.5 Å². The van der Waals surface area contributed by atoms with Crippen LogP contribution >= 0.6 is 0 Å². The first-order chi connectivity index (χ1) is 8.69. The molecule has 0 radical (unpaired) electrons. The zero-order valence-corrected chi connectivity index (χ0v) is 12.5. The summed E-state index contributed by atoms with van der Waals surface area (Å²) in [6.07, 6.45) is 1.46. The molecule has 19 heavy (non-hydrogen) atoms. The van der Waals surface area contributed by atoms with E-state index in [1.807, 2.05) is 13.0 Å². The Morgan fingerprint density at radius 1 is 1.32 bits per heavy atom. The third kappa shape index (κ3) is 3.27. The maximum atomic E-state index is 12.0. The fourth-order valence-electron chi connectivity index (χ4n) is 2.40. The smallest absolute Gasteiger partial charge is 0.232 e. The van der Waals surface area contributed by atoms with Gasteiger partial charge in [0.2, 0.25) is 10.0 Å². The lowest BCUT2D eigenvalue weighted by atomic mass is 10.2. The lowest BCUT2D eigenvalue weighted by molar-refractivity contribution is 0.586. The van der Waals surface area contributed by atoms with Crippen LogP contribution in [-0.4, -0.2) is 40.6 Å². The summed E-state index contributed by atoms with van der Waals surface area (Å²) in [6.45, 7) is 1.87. The van der Waals surface area contributed by atoms with Gasteiger partial charge in [-0.2, -0.15) is 0 Å². The number of nitrogens with zero attached hydrogens (tertiary/aromatic N) is 1. The molecule has 5 nitrogen and oxygen atoms in total. The molecular weight excluding hydrogens is 286 g/mol. The first-order valence-corrected chi connectivity index (χ1v) is 9.62. The van der Waals surface area contributed by atoms with Crippen LogP contribution in [0, 0.1) is 6.92 Å². The van der Waals surface area contributed by atoms with Crippen LogP contribution in [0.2, 0.25) is 0 Å². The summed E-state index contributed by atoms with van der Waals surface area (Å²) in [6, 6.07) is 6.59. The van der Waals surface area contributed by atoms with Crippen LogP contribution in [0.1, 0.15) is 12.0 Å². The zero-order chi connectivity index (χ0) is 14.3. The van der Waals surface area contributed by atoms with Crippen LogP contribution in [0.3, 0.4) is 0 Å². The Morgan fingerprint density at radius 2 is 2.00 bits per heavy atom. The van der Waals surface area contributed by atoms with Crippen molar-refractivity contribution in [3.63, 3.8) is 0 Å². The second-order valence-corrected chi connectivity index (χ2v) is 9.04. The fourth-order valence-corrected chi connectivity index (χ4v) is 5.41. The monoisotopic (exact) mass is 303 g/mol. The van der Waals surface area contributed by atoms with Crippen molar-refractivity contribution in [1.29, 1.82) is 0 Å². The summed E-state index contributed by atoms with van der Waals surface area (Å²) in [5.74, 6) is -0.0521. The van der Waals surface area contributed by atoms with Crippen LogP contribution in [0.5, 0.6) is 0 Å².